The summed E-state index contributed by atoms with van der Waals surface area (Å²) in [5.74, 6) is -0.795. The van der Waals surface area contributed by atoms with Gasteiger partial charge in [-0.15, -0.1) is 13.2 Å². The van der Waals surface area contributed by atoms with Gasteiger partial charge in [0.1, 0.15) is 0 Å². The van der Waals surface area contributed by atoms with Crippen molar-refractivity contribution in [2.45, 2.75) is 12.9 Å². The molecule has 15 heavy (non-hydrogen) atoms. The maximum Gasteiger partial charge on any atom is 0.573 e. The Hall–Kier alpha value is -0.770. The summed E-state index contributed by atoms with van der Waals surface area (Å²) in [5.41, 5.74) is 4.32. The van der Waals surface area contributed by atoms with E-state index in [0.717, 1.165) is 0 Å². The highest BCUT2D eigenvalue weighted by atomic mass is 127. The first kappa shape index (κ1) is 12.3. The number of rotatable bonds is 2. The average Bonchev–Trinajstić information content (AvgIpc) is 2.10. The molecule has 0 aliphatic carbocycles. The van der Waals surface area contributed by atoms with Gasteiger partial charge in [0.15, 0.2) is 5.75 Å². The van der Waals surface area contributed by atoms with Crippen LogP contribution in [0.25, 0.3) is 0 Å². The Kier molecular flexibility index (Phi) is 3.60. The predicted molar refractivity (Wildman–Crippen MR) is 54.4 cm³/mol. The number of hydrogen-bond donors (Lipinski definition) is 2. The topological polar surface area (TPSA) is 68.1 Å². The maximum absolute atomic E-state index is 12.0. The molecule has 0 fully saturated rings. The third-order valence-corrected chi connectivity index (χ3v) is 2.48. The molecular formula is C7H6F3IN2O2. The van der Waals surface area contributed by atoms with E-state index >= 15 is 0 Å². The first-order valence-electron chi connectivity index (χ1n) is 3.71. The van der Waals surface area contributed by atoms with Crippen LogP contribution in [0.2, 0.25) is 0 Å². The molecular weight excluding hydrogens is 328 g/mol. The summed E-state index contributed by atoms with van der Waals surface area (Å²) in [6.07, 6.45) is -3.63. The van der Waals surface area contributed by atoms with Gasteiger partial charge in [-0.2, -0.15) is 0 Å². The van der Waals surface area contributed by atoms with Crippen molar-refractivity contribution in [2.24, 2.45) is 5.73 Å². The lowest BCUT2D eigenvalue weighted by Gasteiger charge is -2.12. The summed E-state index contributed by atoms with van der Waals surface area (Å²) < 4.78 is 39.9. The van der Waals surface area contributed by atoms with Crippen LogP contribution in [0.3, 0.4) is 0 Å². The maximum atomic E-state index is 12.0. The minimum atomic E-state index is -4.90. The number of halogens is 4. The summed E-state index contributed by atoms with van der Waals surface area (Å²) in [6, 6.07) is 0. The molecule has 3 N–H and O–H groups in total. The van der Waals surface area contributed by atoms with Crippen molar-refractivity contribution < 1.29 is 17.9 Å². The number of hydrogen-bond acceptors (Lipinski definition) is 3. The van der Waals surface area contributed by atoms with Gasteiger partial charge in [0.05, 0.1) is 0 Å². The van der Waals surface area contributed by atoms with Gasteiger partial charge in [-0.3, -0.25) is 4.79 Å². The number of aromatic nitrogens is 1. The molecule has 1 aromatic heterocycles. The van der Waals surface area contributed by atoms with Gasteiger partial charge in [-0.1, -0.05) is 0 Å². The van der Waals surface area contributed by atoms with Crippen LogP contribution in [0.15, 0.2) is 11.0 Å². The highest BCUT2D eigenvalue weighted by molar-refractivity contribution is 14.1. The zero-order valence-corrected chi connectivity index (χ0v) is 9.35. The van der Waals surface area contributed by atoms with Gasteiger partial charge < -0.3 is 15.5 Å². The largest absolute Gasteiger partial charge is 0.573 e. The van der Waals surface area contributed by atoms with Gasteiger partial charge in [0, 0.05) is 21.9 Å². The Morgan fingerprint density at radius 1 is 1.53 bits per heavy atom. The van der Waals surface area contributed by atoms with Gasteiger partial charge in [0.25, 0.3) is 5.56 Å². The summed E-state index contributed by atoms with van der Waals surface area (Å²) in [7, 11) is 0. The van der Waals surface area contributed by atoms with Crippen molar-refractivity contribution in [1.29, 1.82) is 0 Å². The van der Waals surface area contributed by atoms with E-state index in [2.05, 4.69) is 9.72 Å². The van der Waals surface area contributed by atoms with E-state index in [0.29, 0.717) is 3.57 Å². The van der Waals surface area contributed by atoms with E-state index in [1.54, 1.807) is 22.6 Å². The van der Waals surface area contributed by atoms with Crippen LogP contribution in [0.5, 0.6) is 5.75 Å². The lowest BCUT2D eigenvalue weighted by atomic mass is 10.2. The lowest BCUT2D eigenvalue weighted by molar-refractivity contribution is -0.275. The van der Waals surface area contributed by atoms with Crippen LogP contribution < -0.4 is 16.0 Å². The minimum Gasteiger partial charge on any atom is -0.399 e. The molecule has 0 saturated heterocycles. The van der Waals surface area contributed by atoms with Gasteiger partial charge in [0.2, 0.25) is 0 Å². The molecule has 0 radical (unpaired) electrons. The van der Waals surface area contributed by atoms with E-state index in [4.69, 9.17) is 5.73 Å². The summed E-state index contributed by atoms with van der Waals surface area (Å²) >= 11 is 1.76. The molecule has 0 amide bonds. The molecule has 0 unspecified atom stereocenters. The SMILES string of the molecule is NCc1c(I)c[nH]c(=O)c1OC(F)(F)F. The third-order valence-electron chi connectivity index (χ3n) is 1.52. The minimum absolute atomic E-state index is 0.0386. The zero-order valence-electron chi connectivity index (χ0n) is 7.19. The molecule has 0 atom stereocenters. The number of H-pyrrole nitrogens is 1. The number of aromatic amines is 1. The van der Waals surface area contributed by atoms with E-state index in [1.165, 1.54) is 6.20 Å². The molecule has 0 aliphatic heterocycles. The summed E-state index contributed by atoms with van der Waals surface area (Å²) in [6.45, 7) is -0.201. The van der Waals surface area contributed by atoms with E-state index in [-0.39, 0.29) is 12.1 Å². The fourth-order valence-corrected chi connectivity index (χ4v) is 1.56. The average molecular weight is 334 g/mol. The van der Waals surface area contributed by atoms with Crippen molar-refractivity contribution in [3.8, 4) is 5.75 Å². The number of pyridine rings is 1. The second kappa shape index (κ2) is 4.39. The normalized spacial score (nSPS) is 11.5. The Labute approximate surface area is 95.8 Å². The van der Waals surface area contributed by atoms with Crippen molar-refractivity contribution in [3.05, 3.63) is 25.7 Å². The Morgan fingerprint density at radius 2 is 2.13 bits per heavy atom. The van der Waals surface area contributed by atoms with Crippen LogP contribution in [-0.2, 0) is 6.54 Å². The van der Waals surface area contributed by atoms with Gasteiger partial charge >= 0.3 is 6.36 Å². The molecule has 84 valence electrons. The number of nitrogens with two attached hydrogens (primary N) is 1. The van der Waals surface area contributed by atoms with Crippen LogP contribution in [0.1, 0.15) is 5.56 Å². The van der Waals surface area contributed by atoms with E-state index < -0.39 is 17.7 Å². The molecule has 0 saturated carbocycles. The van der Waals surface area contributed by atoms with E-state index in [1.807, 2.05) is 0 Å². The highest BCUT2D eigenvalue weighted by Gasteiger charge is 2.33. The molecule has 1 heterocycles. The van der Waals surface area contributed by atoms with Crippen molar-refractivity contribution >= 4 is 22.6 Å². The third kappa shape index (κ3) is 3.09. The lowest BCUT2D eigenvalue weighted by Crippen LogP contribution is -2.25. The molecule has 0 aliphatic rings. The van der Waals surface area contributed by atoms with Crippen LogP contribution in [0.4, 0.5) is 13.2 Å². The van der Waals surface area contributed by atoms with Crippen LogP contribution in [0, 0.1) is 3.57 Å². The quantitative estimate of drug-likeness (QED) is 0.802. The fraction of sp³-hybridized carbons (Fsp3) is 0.286. The second-order valence-corrected chi connectivity index (χ2v) is 3.69. The standard InChI is InChI=1S/C7H6F3IN2O2/c8-7(9,10)15-5-3(1-12)4(11)2-13-6(5)14/h2H,1,12H2,(H,13,14). The van der Waals surface area contributed by atoms with Crippen molar-refractivity contribution in [1.82, 2.24) is 4.98 Å². The van der Waals surface area contributed by atoms with Crippen LogP contribution in [-0.4, -0.2) is 11.3 Å². The molecule has 1 aromatic rings. The molecule has 1 rings (SSSR count). The Bertz CT molecular complexity index is 416. The zero-order chi connectivity index (χ0) is 11.6. The first-order valence-corrected chi connectivity index (χ1v) is 4.79. The number of alkyl halides is 3. The molecule has 0 bridgehead atoms. The Balaban J connectivity index is 3.26. The molecule has 0 aromatic carbocycles. The van der Waals surface area contributed by atoms with Gasteiger partial charge in [-0.05, 0) is 22.6 Å². The first-order chi connectivity index (χ1) is 6.85. The van der Waals surface area contributed by atoms with Crippen LogP contribution >= 0.6 is 22.6 Å². The fourth-order valence-electron chi connectivity index (χ4n) is 0.941. The summed E-state index contributed by atoms with van der Waals surface area (Å²) in [4.78, 5) is 13.2. The number of ether oxygens (including phenoxy) is 1. The van der Waals surface area contributed by atoms with Gasteiger partial charge in [-0.25, -0.2) is 0 Å². The molecule has 0 spiro atoms. The molecule has 4 nitrogen and oxygen atoms in total. The predicted octanol–water partition coefficient (Wildman–Crippen LogP) is 1.34. The highest BCUT2D eigenvalue weighted by Crippen LogP contribution is 2.25. The summed E-state index contributed by atoms with van der Waals surface area (Å²) in [5, 5.41) is 0. The van der Waals surface area contributed by atoms with Crippen molar-refractivity contribution in [3.63, 3.8) is 0 Å². The second-order valence-electron chi connectivity index (χ2n) is 2.53. The van der Waals surface area contributed by atoms with E-state index in [9.17, 15) is 18.0 Å². The monoisotopic (exact) mass is 334 g/mol. The molecule has 8 heteroatoms. The van der Waals surface area contributed by atoms with Crippen molar-refractivity contribution in [2.75, 3.05) is 0 Å². The number of nitrogens with one attached hydrogen (secondary N) is 1. The smallest absolute Gasteiger partial charge is 0.399 e. The Morgan fingerprint density at radius 3 is 2.60 bits per heavy atom.